The van der Waals surface area contributed by atoms with Crippen molar-refractivity contribution in [3.05, 3.63) is 0 Å². The molecule has 0 bridgehead atoms. The summed E-state index contributed by atoms with van der Waals surface area (Å²) in [6.45, 7) is 8.71. The van der Waals surface area contributed by atoms with Crippen molar-refractivity contribution in [1.29, 1.82) is 5.26 Å². The molecular formula is C12H24N2. The van der Waals surface area contributed by atoms with Crippen LogP contribution in [0.15, 0.2) is 0 Å². The van der Waals surface area contributed by atoms with Crippen molar-refractivity contribution < 1.29 is 0 Å². The van der Waals surface area contributed by atoms with Gasteiger partial charge >= 0.3 is 0 Å². The average Bonchev–Trinajstić information content (AvgIpc) is 2.00. The zero-order valence-electron chi connectivity index (χ0n) is 10.5. The van der Waals surface area contributed by atoms with Crippen molar-refractivity contribution in [2.45, 2.75) is 46.1 Å². The van der Waals surface area contributed by atoms with Crippen LogP contribution in [0, 0.1) is 23.2 Å². The molecule has 0 radical (unpaired) electrons. The smallest absolute Gasteiger partial charge is 0.109 e. The van der Waals surface area contributed by atoms with Crippen molar-refractivity contribution in [2.75, 3.05) is 14.1 Å². The van der Waals surface area contributed by atoms with Gasteiger partial charge in [0.15, 0.2) is 0 Å². The molecule has 2 nitrogen and oxygen atoms in total. The number of nitrogens with zero attached hydrogens (tertiary/aromatic N) is 2. The van der Waals surface area contributed by atoms with Crippen molar-refractivity contribution in [1.82, 2.24) is 4.90 Å². The van der Waals surface area contributed by atoms with Gasteiger partial charge in [0, 0.05) is 0 Å². The minimum atomic E-state index is -0.275. The summed E-state index contributed by atoms with van der Waals surface area (Å²) in [5, 5.41) is 9.35. The topological polar surface area (TPSA) is 27.0 Å². The van der Waals surface area contributed by atoms with Crippen LogP contribution in [0.1, 0.15) is 40.5 Å². The lowest BCUT2D eigenvalue weighted by molar-refractivity contribution is 0.152. The summed E-state index contributed by atoms with van der Waals surface area (Å²) in [7, 11) is 4.02. The predicted molar refractivity (Wildman–Crippen MR) is 60.9 cm³/mol. The summed E-state index contributed by atoms with van der Waals surface area (Å²) >= 11 is 0. The number of rotatable bonds is 5. The Morgan fingerprint density at radius 2 is 1.43 bits per heavy atom. The summed E-state index contributed by atoms with van der Waals surface area (Å²) < 4.78 is 0. The first kappa shape index (κ1) is 13.4. The van der Waals surface area contributed by atoms with Gasteiger partial charge in [0.05, 0.1) is 6.07 Å². The molecule has 0 rings (SSSR count). The lowest BCUT2D eigenvalue weighted by Crippen LogP contribution is -2.45. The van der Waals surface area contributed by atoms with Gasteiger partial charge in [-0.15, -0.1) is 0 Å². The Bertz CT molecular complexity index is 189. The van der Waals surface area contributed by atoms with Gasteiger partial charge in [0.25, 0.3) is 0 Å². The fourth-order valence-corrected chi connectivity index (χ4v) is 1.99. The molecule has 0 aliphatic carbocycles. The van der Waals surface area contributed by atoms with Gasteiger partial charge in [-0.25, -0.2) is 0 Å². The predicted octanol–water partition coefficient (Wildman–Crippen LogP) is 2.90. The summed E-state index contributed by atoms with van der Waals surface area (Å²) in [5.74, 6) is 1.13. The normalized spacial score (nSPS) is 12.6. The van der Waals surface area contributed by atoms with E-state index in [1.165, 1.54) is 0 Å². The molecule has 0 spiro atoms. The van der Waals surface area contributed by atoms with Crippen molar-refractivity contribution in [2.24, 2.45) is 11.8 Å². The Kier molecular flexibility index (Phi) is 5.15. The maximum absolute atomic E-state index is 9.35. The molecule has 0 heterocycles. The van der Waals surface area contributed by atoms with Gasteiger partial charge in [0.1, 0.15) is 5.54 Å². The van der Waals surface area contributed by atoms with Gasteiger partial charge < -0.3 is 0 Å². The van der Waals surface area contributed by atoms with E-state index in [1.807, 2.05) is 14.1 Å². The second-order valence-corrected chi connectivity index (χ2v) is 5.23. The van der Waals surface area contributed by atoms with Gasteiger partial charge in [-0.05, 0) is 38.8 Å². The highest BCUT2D eigenvalue weighted by molar-refractivity contribution is 5.07. The standard InChI is InChI=1S/C12H24N2/c1-10(2)7-12(9-13,14(5)6)8-11(3)4/h10-11H,7-8H2,1-6H3. The monoisotopic (exact) mass is 196 g/mol. The van der Waals surface area contributed by atoms with Crippen LogP contribution >= 0.6 is 0 Å². The molecule has 0 aromatic heterocycles. The van der Waals surface area contributed by atoms with Crippen LogP contribution in [-0.4, -0.2) is 24.5 Å². The Morgan fingerprint density at radius 1 is 1.07 bits per heavy atom. The van der Waals surface area contributed by atoms with E-state index in [-0.39, 0.29) is 5.54 Å². The first-order valence-corrected chi connectivity index (χ1v) is 5.42. The molecule has 0 aliphatic rings. The van der Waals surface area contributed by atoms with Gasteiger partial charge in [0.2, 0.25) is 0 Å². The molecule has 0 amide bonds. The second kappa shape index (κ2) is 5.36. The van der Waals surface area contributed by atoms with Crippen LogP contribution in [0.4, 0.5) is 0 Å². The Labute approximate surface area is 88.9 Å². The van der Waals surface area contributed by atoms with E-state index in [2.05, 4.69) is 38.7 Å². The third-order valence-electron chi connectivity index (χ3n) is 2.56. The quantitative estimate of drug-likeness (QED) is 0.676. The fraction of sp³-hybridized carbons (Fsp3) is 0.917. The van der Waals surface area contributed by atoms with Crippen LogP contribution in [0.2, 0.25) is 0 Å². The lowest BCUT2D eigenvalue weighted by Gasteiger charge is -2.36. The zero-order chi connectivity index (χ0) is 11.4. The molecule has 0 fully saturated rings. The Morgan fingerprint density at radius 3 is 1.57 bits per heavy atom. The van der Waals surface area contributed by atoms with E-state index in [4.69, 9.17) is 0 Å². The Hall–Kier alpha value is -0.550. The fourth-order valence-electron chi connectivity index (χ4n) is 1.99. The second-order valence-electron chi connectivity index (χ2n) is 5.23. The van der Waals surface area contributed by atoms with Crippen LogP contribution in [0.5, 0.6) is 0 Å². The van der Waals surface area contributed by atoms with Gasteiger partial charge in [-0.2, -0.15) is 5.26 Å². The van der Waals surface area contributed by atoms with Crippen LogP contribution in [0.25, 0.3) is 0 Å². The minimum Gasteiger partial charge on any atom is -0.292 e. The van der Waals surface area contributed by atoms with Crippen LogP contribution < -0.4 is 0 Å². The summed E-state index contributed by atoms with van der Waals surface area (Å²) in [5.41, 5.74) is -0.275. The summed E-state index contributed by atoms with van der Waals surface area (Å²) in [6.07, 6.45) is 1.91. The van der Waals surface area contributed by atoms with Crippen molar-refractivity contribution >= 4 is 0 Å². The molecule has 82 valence electrons. The third-order valence-corrected chi connectivity index (χ3v) is 2.56. The highest BCUT2D eigenvalue weighted by Gasteiger charge is 2.33. The van der Waals surface area contributed by atoms with E-state index in [0.29, 0.717) is 11.8 Å². The molecule has 0 atom stereocenters. The first-order chi connectivity index (χ1) is 6.34. The van der Waals surface area contributed by atoms with E-state index in [9.17, 15) is 5.26 Å². The number of hydrogen-bond acceptors (Lipinski definition) is 2. The molecular weight excluding hydrogens is 172 g/mol. The summed E-state index contributed by atoms with van der Waals surface area (Å²) in [6, 6.07) is 2.50. The molecule has 0 saturated carbocycles. The molecule has 0 aliphatic heterocycles. The lowest BCUT2D eigenvalue weighted by atomic mass is 9.82. The first-order valence-electron chi connectivity index (χ1n) is 5.42. The van der Waals surface area contributed by atoms with Gasteiger partial charge in [-0.3, -0.25) is 4.90 Å². The van der Waals surface area contributed by atoms with Crippen LogP contribution in [0.3, 0.4) is 0 Å². The number of nitriles is 1. The highest BCUT2D eigenvalue weighted by Crippen LogP contribution is 2.28. The molecule has 0 aromatic carbocycles. The summed E-state index contributed by atoms with van der Waals surface area (Å²) in [4.78, 5) is 2.08. The van der Waals surface area contributed by atoms with E-state index < -0.39 is 0 Å². The molecule has 2 heteroatoms. The maximum atomic E-state index is 9.35. The van der Waals surface area contributed by atoms with Crippen molar-refractivity contribution in [3.8, 4) is 6.07 Å². The van der Waals surface area contributed by atoms with E-state index in [1.54, 1.807) is 0 Å². The molecule has 0 N–H and O–H groups in total. The zero-order valence-corrected chi connectivity index (χ0v) is 10.5. The molecule has 0 saturated heterocycles. The van der Waals surface area contributed by atoms with Crippen molar-refractivity contribution in [3.63, 3.8) is 0 Å². The third kappa shape index (κ3) is 3.67. The Balaban J connectivity index is 4.72. The van der Waals surface area contributed by atoms with E-state index >= 15 is 0 Å². The van der Waals surface area contributed by atoms with Crippen LogP contribution in [-0.2, 0) is 0 Å². The average molecular weight is 196 g/mol. The maximum Gasteiger partial charge on any atom is 0.109 e. The largest absolute Gasteiger partial charge is 0.292 e. The van der Waals surface area contributed by atoms with Gasteiger partial charge in [-0.1, -0.05) is 27.7 Å². The molecule has 14 heavy (non-hydrogen) atoms. The van der Waals surface area contributed by atoms with E-state index in [0.717, 1.165) is 12.8 Å². The molecule has 0 unspecified atom stereocenters. The minimum absolute atomic E-state index is 0.275. The molecule has 0 aromatic rings. The SMILES string of the molecule is CC(C)CC(C#N)(CC(C)C)N(C)C. The highest BCUT2D eigenvalue weighted by atomic mass is 15.1. The number of hydrogen-bond donors (Lipinski definition) is 0.